The molecule has 0 radical (unpaired) electrons. The molecule has 4 nitrogen and oxygen atoms in total. The molecule has 1 unspecified atom stereocenters. The standard InChI is InChI=1S/C12H14O4/c1-16-10-5-4-8(6-9(10)13)11(12(14)15)7-2-3-7/h4-7,11,13H,2-3H2,1H3,(H,14,15). The van der Waals surface area contributed by atoms with Gasteiger partial charge in [-0.15, -0.1) is 0 Å². The molecule has 0 saturated heterocycles. The van der Waals surface area contributed by atoms with Crippen LogP contribution in [0.15, 0.2) is 18.2 Å². The van der Waals surface area contributed by atoms with Gasteiger partial charge in [0.1, 0.15) is 0 Å². The second-order valence-corrected chi connectivity index (χ2v) is 4.08. The summed E-state index contributed by atoms with van der Waals surface area (Å²) < 4.78 is 4.92. The maximum Gasteiger partial charge on any atom is 0.311 e. The lowest BCUT2D eigenvalue weighted by molar-refractivity contribution is -0.139. The van der Waals surface area contributed by atoms with E-state index < -0.39 is 11.9 Å². The van der Waals surface area contributed by atoms with Crippen LogP contribution >= 0.6 is 0 Å². The summed E-state index contributed by atoms with van der Waals surface area (Å²) in [6.45, 7) is 0. The Bertz CT molecular complexity index is 409. The average Bonchev–Trinajstić information content (AvgIpc) is 3.02. The first kappa shape index (κ1) is 10.8. The minimum Gasteiger partial charge on any atom is -0.504 e. The van der Waals surface area contributed by atoms with E-state index in [0.717, 1.165) is 12.8 Å². The Morgan fingerprint density at radius 2 is 2.19 bits per heavy atom. The Balaban J connectivity index is 2.31. The predicted octanol–water partition coefficient (Wildman–Crippen LogP) is 1.98. The monoisotopic (exact) mass is 222 g/mol. The Morgan fingerprint density at radius 3 is 2.62 bits per heavy atom. The van der Waals surface area contributed by atoms with E-state index in [9.17, 15) is 9.90 Å². The fourth-order valence-corrected chi connectivity index (χ4v) is 1.95. The first-order valence-electron chi connectivity index (χ1n) is 5.23. The third-order valence-corrected chi connectivity index (χ3v) is 2.92. The molecule has 2 N–H and O–H groups in total. The van der Waals surface area contributed by atoms with Gasteiger partial charge in [0.15, 0.2) is 11.5 Å². The van der Waals surface area contributed by atoms with Gasteiger partial charge in [-0.2, -0.15) is 0 Å². The number of methoxy groups -OCH3 is 1. The molecule has 1 aliphatic rings. The smallest absolute Gasteiger partial charge is 0.311 e. The topological polar surface area (TPSA) is 66.8 Å². The van der Waals surface area contributed by atoms with E-state index in [0.29, 0.717) is 11.3 Å². The molecule has 86 valence electrons. The molecule has 0 aliphatic heterocycles. The molecular formula is C12H14O4. The van der Waals surface area contributed by atoms with Crippen molar-refractivity contribution in [2.75, 3.05) is 7.11 Å². The molecule has 1 saturated carbocycles. The molecule has 1 fully saturated rings. The number of phenols is 1. The number of rotatable bonds is 4. The Labute approximate surface area is 93.5 Å². The number of benzene rings is 1. The number of carboxylic acids is 1. The van der Waals surface area contributed by atoms with E-state index in [1.807, 2.05) is 0 Å². The fourth-order valence-electron chi connectivity index (χ4n) is 1.95. The molecule has 0 aromatic heterocycles. The molecule has 1 aromatic carbocycles. The van der Waals surface area contributed by atoms with Gasteiger partial charge in [-0.05, 0) is 36.5 Å². The number of phenolic OH excluding ortho intramolecular Hbond substituents is 1. The van der Waals surface area contributed by atoms with Gasteiger partial charge in [-0.25, -0.2) is 0 Å². The van der Waals surface area contributed by atoms with Crippen LogP contribution in [0.1, 0.15) is 24.3 Å². The second-order valence-electron chi connectivity index (χ2n) is 4.08. The van der Waals surface area contributed by atoms with Gasteiger partial charge in [0.2, 0.25) is 0 Å². The van der Waals surface area contributed by atoms with Gasteiger partial charge in [0, 0.05) is 0 Å². The summed E-state index contributed by atoms with van der Waals surface area (Å²) in [6.07, 6.45) is 1.90. The van der Waals surface area contributed by atoms with Crippen molar-refractivity contribution < 1.29 is 19.7 Å². The van der Waals surface area contributed by atoms with Crippen molar-refractivity contribution in [2.45, 2.75) is 18.8 Å². The largest absolute Gasteiger partial charge is 0.504 e. The molecule has 16 heavy (non-hydrogen) atoms. The lowest BCUT2D eigenvalue weighted by atomic mass is 9.94. The van der Waals surface area contributed by atoms with Gasteiger partial charge in [-0.3, -0.25) is 4.79 Å². The Hall–Kier alpha value is -1.71. The van der Waals surface area contributed by atoms with Crippen LogP contribution in [0.25, 0.3) is 0 Å². The highest BCUT2D eigenvalue weighted by molar-refractivity contribution is 5.77. The van der Waals surface area contributed by atoms with Crippen LogP contribution in [0.5, 0.6) is 11.5 Å². The highest BCUT2D eigenvalue weighted by Gasteiger charge is 2.37. The van der Waals surface area contributed by atoms with Crippen molar-refractivity contribution in [2.24, 2.45) is 5.92 Å². The normalized spacial score (nSPS) is 16.8. The lowest BCUT2D eigenvalue weighted by Crippen LogP contribution is -2.13. The van der Waals surface area contributed by atoms with Crippen LogP contribution < -0.4 is 4.74 Å². The molecular weight excluding hydrogens is 208 g/mol. The first-order chi connectivity index (χ1) is 7.63. The zero-order valence-electron chi connectivity index (χ0n) is 9.01. The minimum absolute atomic E-state index is 0.00750. The zero-order valence-corrected chi connectivity index (χ0v) is 9.01. The van der Waals surface area contributed by atoms with Crippen LogP contribution in [0.2, 0.25) is 0 Å². The van der Waals surface area contributed by atoms with Crippen LogP contribution in [0.3, 0.4) is 0 Å². The summed E-state index contributed by atoms with van der Waals surface area (Å²) in [5.74, 6) is -0.759. The number of hydrogen-bond donors (Lipinski definition) is 2. The minimum atomic E-state index is -0.827. The second kappa shape index (κ2) is 4.04. The van der Waals surface area contributed by atoms with Crippen molar-refractivity contribution in [1.82, 2.24) is 0 Å². The molecule has 0 heterocycles. The molecule has 0 spiro atoms. The van der Waals surface area contributed by atoms with E-state index in [1.165, 1.54) is 13.2 Å². The van der Waals surface area contributed by atoms with Crippen LogP contribution in [-0.4, -0.2) is 23.3 Å². The molecule has 2 rings (SSSR count). The molecule has 4 heteroatoms. The summed E-state index contributed by atoms with van der Waals surface area (Å²) in [4.78, 5) is 11.1. The Morgan fingerprint density at radius 1 is 1.50 bits per heavy atom. The summed E-state index contributed by atoms with van der Waals surface area (Å²) in [5, 5.41) is 18.7. The van der Waals surface area contributed by atoms with E-state index in [1.54, 1.807) is 12.1 Å². The number of ether oxygens (including phenoxy) is 1. The van der Waals surface area contributed by atoms with Gasteiger partial charge < -0.3 is 14.9 Å². The van der Waals surface area contributed by atoms with Gasteiger partial charge >= 0.3 is 5.97 Å². The fraction of sp³-hybridized carbons (Fsp3) is 0.417. The zero-order chi connectivity index (χ0) is 11.7. The number of aliphatic carboxylic acids is 1. The molecule has 1 aromatic rings. The number of carbonyl (C=O) groups is 1. The summed E-state index contributed by atoms with van der Waals surface area (Å²) >= 11 is 0. The van der Waals surface area contributed by atoms with E-state index in [-0.39, 0.29) is 11.7 Å². The van der Waals surface area contributed by atoms with Gasteiger partial charge in [0.05, 0.1) is 13.0 Å². The van der Waals surface area contributed by atoms with E-state index in [4.69, 9.17) is 9.84 Å². The summed E-state index contributed by atoms with van der Waals surface area (Å²) in [7, 11) is 1.46. The summed E-state index contributed by atoms with van der Waals surface area (Å²) in [6, 6.07) is 4.79. The van der Waals surface area contributed by atoms with Crippen molar-refractivity contribution in [3.05, 3.63) is 23.8 Å². The third kappa shape index (κ3) is 1.96. The molecule has 0 amide bonds. The van der Waals surface area contributed by atoms with Crippen LogP contribution in [0, 0.1) is 5.92 Å². The number of hydrogen-bond acceptors (Lipinski definition) is 3. The van der Waals surface area contributed by atoms with Crippen molar-refractivity contribution >= 4 is 5.97 Å². The highest BCUT2D eigenvalue weighted by atomic mass is 16.5. The van der Waals surface area contributed by atoms with E-state index in [2.05, 4.69) is 0 Å². The van der Waals surface area contributed by atoms with Crippen molar-refractivity contribution in [3.63, 3.8) is 0 Å². The molecule has 1 atom stereocenters. The average molecular weight is 222 g/mol. The summed E-state index contributed by atoms with van der Waals surface area (Å²) in [5.41, 5.74) is 0.647. The third-order valence-electron chi connectivity index (χ3n) is 2.92. The first-order valence-corrected chi connectivity index (χ1v) is 5.23. The number of aromatic hydroxyl groups is 1. The predicted molar refractivity (Wildman–Crippen MR) is 57.8 cm³/mol. The van der Waals surface area contributed by atoms with Crippen molar-refractivity contribution in [1.29, 1.82) is 0 Å². The molecule has 1 aliphatic carbocycles. The number of carboxylic acid groups (broad SMARTS) is 1. The SMILES string of the molecule is COc1ccc(C(C(=O)O)C2CC2)cc1O. The lowest BCUT2D eigenvalue weighted by Gasteiger charge is -2.13. The van der Waals surface area contributed by atoms with E-state index >= 15 is 0 Å². The van der Waals surface area contributed by atoms with Crippen molar-refractivity contribution in [3.8, 4) is 11.5 Å². The van der Waals surface area contributed by atoms with Gasteiger partial charge in [-0.1, -0.05) is 6.07 Å². The molecule has 0 bridgehead atoms. The Kier molecular flexibility index (Phi) is 2.73. The highest BCUT2D eigenvalue weighted by Crippen LogP contribution is 2.44. The van der Waals surface area contributed by atoms with Gasteiger partial charge in [0.25, 0.3) is 0 Å². The van der Waals surface area contributed by atoms with Crippen LogP contribution in [-0.2, 0) is 4.79 Å². The maximum absolute atomic E-state index is 11.1. The quantitative estimate of drug-likeness (QED) is 0.817. The maximum atomic E-state index is 11.1. The van der Waals surface area contributed by atoms with Crippen LogP contribution in [0.4, 0.5) is 0 Å².